The lowest BCUT2D eigenvalue weighted by Gasteiger charge is -2.34. The minimum Gasteiger partial charge on any atom is -0.334 e. The Morgan fingerprint density at radius 1 is 1.08 bits per heavy atom. The third-order valence-corrected chi connectivity index (χ3v) is 6.14. The average Bonchev–Trinajstić information content (AvgIpc) is 3.19. The highest BCUT2D eigenvalue weighted by Gasteiger charge is 2.56. The van der Waals surface area contributed by atoms with Crippen molar-refractivity contribution in [1.82, 2.24) is 20.1 Å². The average molecular weight is 348 g/mol. The summed E-state index contributed by atoms with van der Waals surface area (Å²) in [7, 11) is 0. The van der Waals surface area contributed by atoms with Crippen molar-refractivity contribution in [1.29, 1.82) is 0 Å². The molecule has 1 saturated carbocycles. The summed E-state index contributed by atoms with van der Waals surface area (Å²) in [6, 6.07) is 13.2. The van der Waals surface area contributed by atoms with Crippen molar-refractivity contribution in [3.05, 3.63) is 65.5 Å². The maximum atomic E-state index is 12.6. The Balaban J connectivity index is 1.12. The molecule has 1 saturated heterocycles. The third-order valence-electron chi connectivity index (χ3n) is 6.14. The Kier molecular flexibility index (Phi) is 3.89. The van der Waals surface area contributed by atoms with Gasteiger partial charge in [0.15, 0.2) is 0 Å². The smallest absolute Gasteiger partial charge is 0.317 e. The zero-order valence-corrected chi connectivity index (χ0v) is 14.8. The van der Waals surface area contributed by atoms with E-state index in [1.165, 1.54) is 16.7 Å². The monoisotopic (exact) mass is 348 g/mol. The number of hydrogen-bond donors (Lipinski definition) is 1. The zero-order valence-electron chi connectivity index (χ0n) is 14.8. The van der Waals surface area contributed by atoms with E-state index in [2.05, 4.69) is 51.6 Å². The number of rotatable bonds is 3. The molecule has 5 nitrogen and oxygen atoms in total. The van der Waals surface area contributed by atoms with E-state index in [-0.39, 0.29) is 6.03 Å². The highest BCUT2D eigenvalue weighted by molar-refractivity contribution is 5.75. The molecule has 3 atom stereocenters. The van der Waals surface area contributed by atoms with Gasteiger partial charge in [0.25, 0.3) is 0 Å². The second kappa shape index (κ2) is 6.40. The number of urea groups is 1. The number of piperazine rings is 1. The zero-order chi connectivity index (χ0) is 17.5. The molecule has 1 aliphatic heterocycles. The number of pyridine rings is 1. The van der Waals surface area contributed by atoms with Crippen LogP contribution in [0.2, 0.25) is 0 Å². The van der Waals surface area contributed by atoms with Gasteiger partial charge in [0, 0.05) is 57.1 Å². The van der Waals surface area contributed by atoms with Crippen molar-refractivity contribution < 1.29 is 4.79 Å². The SMILES string of the molecule is O=C(N[C@@H]1[C@H]2Cc3ccccc3[C@@H]21)N1CCN(Cc2ccncc2)CC1. The number of benzene rings is 1. The molecule has 2 aliphatic carbocycles. The van der Waals surface area contributed by atoms with Crippen LogP contribution in [-0.4, -0.2) is 53.0 Å². The van der Waals surface area contributed by atoms with Gasteiger partial charge in [-0.25, -0.2) is 4.79 Å². The van der Waals surface area contributed by atoms with Crippen LogP contribution in [0.4, 0.5) is 4.79 Å². The number of fused-ring (bicyclic) bond motifs is 3. The van der Waals surface area contributed by atoms with Crippen molar-refractivity contribution in [2.45, 2.75) is 24.9 Å². The molecule has 5 heteroatoms. The fourth-order valence-electron chi connectivity index (χ4n) is 4.64. The van der Waals surface area contributed by atoms with E-state index in [9.17, 15) is 4.79 Å². The Hall–Kier alpha value is -2.40. The van der Waals surface area contributed by atoms with E-state index in [4.69, 9.17) is 0 Å². The summed E-state index contributed by atoms with van der Waals surface area (Å²) in [5.41, 5.74) is 4.20. The Labute approximate surface area is 154 Å². The van der Waals surface area contributed by atoms with E-state index < -0.39 is 0 Å². The van der Waals surface area contributed by atoms with Crippen LogP contribution >= 0.6 is 0 Å². The fraction of sp³-hybridized carbons (Fsp3) is 0.429. The van der Waals surface area contributed by atoms with Gasteiger partial charge in [-0.05, 0) is 41.2 Å². The van der Waals surface area contributed by atoms with Gasteiger partial charge in [-0.15, -0.1) is 0 Å². The first-order chi connectivity index (χ1) is 12.8. The lowest BCUT2D eigenvalue weighted by molar-refractivity contribution is 0.134. The van der Waals surface area contributed by atoms with Crippen molar-refractivity contribution in [3.8, 4) is 0 Å². The lowest BCUT2D eigenvalue weighted by Crippen LogP contribution is -2.52. The van der Waals surface area contributed by atoms with Crippen LogP contribution in [0, 0.1) is 5.92 Å². The number of aromatic nitrogens is 1. The number of carbonyl (C=O) groups is 1. The molecule has 26 heavy (non-hydrogen) atoms. The Bertz CT molecular complexity index is 801. The summed E-state index contributed by atoms with van der Waals surface area (Å²) >= 11 is 0. The Morgan fingerprint density at radius 2 is 1.85 bits per heavy atom. The second-order valence-corrected chi connectivity index (χ2v) is 7.69. The molecule has 1 aromatic heterocycles. The molecule has 2 aromatic rings. The van der Waals surface area contributed by atoms with Gasteiger partial charge in [-0.1, -0.05) is 24.3 Å². The van der Waals surface area contributed by atoms with Gasteiger partial charge in [0.1, 0.15) is 0 Å². The molecular weight excluding hydrogens is 324 g/mol. The summed E-state index contributed by atoms with van der Waals surface area (Å²) in [4.78, 5) is 21.1. The van der Waals surface area contributed by atoms with Crippen molar-refractivity contribution in [2.24, 2.45) is 5.92 Å². The predicted molar refractivity (Wildman–Crippen MR) is 99.8 cm³/mol. The molecular formula is C21H24N4O. The van der Waals surface area contributed by atoms with Gasteiger partial charge < -0.3 is 10.2 Å². The van der Waals surface area contributed by atoms with Crippen LogP contribution in [0.25, 0.3) is 0 Å². The number of carbonyl (C=O) groups excluding carboxylic acids is 1. The molecule has 5 rings (SSSR count). The van der Waals surface area contributed by atoms with E-state index in [0.29, 0.717) is 17.9 Å². The van der Waals surface area contributed by atoms with Crippen LogP contribution in [0.3, 0.4) is 0 Å². The Morgan fingerprint density at radius 3 is 2.65 bits per heavy atom. The highest BCUT2D eigenvalue weighted by Crippen LogP contribution is 2.56. The molecule has 0 spiro atoms. The number of hydrogen-bond acceptors (Lipinski definition) is 3. The van der Waals surface area contributed by atoms with Crippen LogP contribution in [0.5, 0.6) is 0 Å². The molecule has 1 N–H and O–H groups in total. The van der Waals surface area contributed by atoms with Gasteiger partial charge in [0.2, 0.25) is 0 Å². The molecule has 0 bridgehead atoms. The maximum absolute atomic E-state index is 12.6. The first-order valence-corrected chi connectivity index (χ1v) is 9.54. The minimum atomic E-state index is 0.116. The summed E-state index contributed by atoms with van der Waals surface area (Å²) in [5, 5.41) is 3.29. The first-order valence-electron chi connectivity index (χ1n) is 9.54. The molecule has 2 amide bonds. The number of nitrogens with zero attached hydrogens (tertiary/aromatic N) is 3. The van der Waals surface area contributed by atoms with E-state index in [0.717, 1.165) is 39.1 Å². The molecule has 2 fully saturated rings. The number of amides is 2. The highest BCUT2D eigenvalue weighted by atomic mass is 16.2. The third kappa shape index (κ3) is 2.86. The maximum Gasteiger partial charge on any atom is 0.317 e. The predicted octanol–water partition coefficient (Wildman–Crippen LogP) is 2.25. The fourth-order valence-corrected chi connectivity index (χ4v) is 4.64. The summed E-state index contributed by atoms with van der Waals surface area (Å²) in [6.45, 7) is 4.39. The van der Waals surface area contributed by atoms with Crippen molar-refractivity contribution in [2.75, 3.05) is 26.2 Å². The normalized spacial score (nSPS) is 26.9. The second-order valence-electron chi connectivity index (χ2n) is 7.69. The van der Waals surface area contributed by atoms with E-state index in [1.807, 2.05) is 17.3 Å². The first kappa shape index (κ1) is 15.8. The van der Waals surface area contributed by atoms with Gasteiger partial charge in [0.05, 0.1) is 0 Å². The van der Waals surface area contributed by atoms with Gasteiger partial charge in [-0.3, -0.25) is 9.88 Å². The van der Waals surface area contributed by atoms with Crippen LogP contribution < -0.4 is 5.32 Å². The summed E-state index contributed by atoms with van der Waals surface area (Å²) in [5.74, 6) is 1.16. The minimum absolute atomic E-state index is 0.116. The lowest BCUT2D eigenvalue weighted by atomic mass is 10.1. The molecule has 3 aliphatic rings. The largest absolute Gasteiger partial charge is 0.334 e. The van der Waals surface area contributed by atoms with Gasteiger partial charge in [-0.2, -0.15) is 0 Å². The molecule has 0 unspecified atom stereocenters. The van der Waals surface area contributed by atoms with Crippen LogP contribution in [0.15, 0.2) is 48.8 Å². The molecule has 2 heterocycles. The van der Waals surface area contributed by atoms with E-state index in [1.54, 1.807) is 0 Å². The van der Waals surface area contributed by atoms with Crippen molar-refractivity contribution in [3.63, 3.8) is 0 Å². The van der Waals surface area contributed by atoms with Crippen LogP contribution in [0.1, 0.15) is 22.6 Å². The van der Waals surface area contributed by atoms with Crippen LogP contribution in [-0.2, 0) is 13.0 Å². The number of nitrogens with one attached hydrogen (secondary N) is 1. The quantitative estimate of drug-likeness (QED) is 0.925. The summed E-state index contributed by atoms with van der Waals surface area (Å²) < 4.78 is 0. The standard InChI is InChI=1S/C21H24N4O/c26-21(23-20-18-13-16-3-1-2-4-17(16)19(18)20)25-11-9-24(10-12-25)14-15-5-7-22-8-6-15/h1-8,18-20H,9-14H2,(H,23,26)/t18-,19-,20+/m0/s1. The summed E-state index contributed by atoms with van der Waals surface area (Å²) in [6.07, 6.45) is 4.79. The van der Waals surface area contributed by atoms with E-state index >= 15 is 0 Å². The topological polar surface area (TPSA) is 48.5 Å². The molecule has 0 radical (unpaired) electrons. The van der Waals surface area contributed by atoms with Gasteiger partial charge >= 0.3 is 6.03 Å². The van der Waals surface area contributed by atoms with Crippen molar-refractivity contribution >= 4 is 6.03 Å². The molecule has 134 valence electrons. The molecule has 1 aromatic carbocycles.